The smallest absolute Gasteiger partial charge is 0.254 e. The standard InChI is InChI=1S/C19H23ClN4O/c1-2-23(13-15-5-8-21-9-6-15)17-4-3-11-24(14-17)19(25)16-7-10-22-18(20)12-16/h5-10,12,17H,2-4,11,13-14H2,1H3. The Morgan fingerprint density at radius 2 is 2.12 bits per heavy atom. The van der Waals surface area contributed by atoms with Gasteiger partial charge in [0.1, 0.15) is 5.15 Å². The Morgan fingerprint density at radius 1 is 1.32 bits per heavy atom. The van der Waals surface area contributed by atoms with E-state index in [1.807, 2.05) is 29.4 Å². The number of aromatic nitrogens is 2. The van der Waals surface area contributed by atoms with Gasteiger partial charge in [0.15, 0.2) is 0 Å². The Labute approximate surface area is 153 Å². The molecule has 2 aromatic rings. The monoisotopic (exact) mass is 358 g/mol. The van der Waals surface area contributed by atoms with Gasteiger partial charge in [0.05, 0.1) is 0 Å². The summed E-state index contributed by atoms with van der Waals surface area (Å²) in [5, 5.41) is 0.354. The third-order valence-corrected chi connectivity index (χ3v) is 4.92. The first-order chi connectivity index (χ1) is 12.2. The third kappa shape index (κ3) is 4.55. The number of rotatable bonds is 5. The molecule has 132 valence electrons. The van der Waals surface area contributed by atoms with Gasteiger partial charge in [-0.15, -0.1) is 0 Å². The molecule has 0 spiro atoms. The molecule has 0 N–H and O–H groups in total. The number of carbonyl (C=O) groups excluding carboxylic acids is 1. The van der Waals surface area contributed by atoms with Crippen LogP contribution in [0.25, 0.3) is 0 Å². The minimum Gasteiger partial charge on any atom is -0.337 e. The lowest BCUT2D eigenvalue weighted by atomic mass is 10.0. The van der Waals surface area contributed by atoms with Crippen molar-refractivity contribution in [1.82, 2.24) is 19.8 Å². The summed E-state index contributed by atoms with van der Waals surface area (Å²) in [5.74, 6) is 0.0361. The van der Waals surface area contributed by atoms with E-state index in [1.54, 1.807) is 18.3 Å². The van der Waals surface area contributed by atoms with Crippen molar-refractivity contribution in [3.05, 3.63) is 59.1 Å². The van der Waals surface area contributed by atoms with Crippen LogP contribution < -0.4 is 0 Å². The third-order valence-electron chi connectivity index (χ3n) is 4.71. The topological polar surface area (TPSA) is 49.3 Å². The molecule has 0 saturated carbocycles. The Kier molecular flexibility index (Phi) is 6.00. The maximum Gasteiger partial charge on any atom is 0.254 e. The fourth-order valence-electron chi connectivity index (χ4n) is 3.38. The second kappa shape index (κ2) is 8.41. The first kappa shape index (κ1) is 17.8. The summed E-state index contributed by atoms with van der Waals surface area (Å²) in [6.07, 6.45) is 7.36. The number of halogens is 1. The molecule has 1 atom stereocenters. The molecule has 25 heavy (non-hydrogen) atoms. The maximum absolute atomic E-state index is 12.8. The first-order valence-electron chi connectivity index (χ1n) is 8.71. The van der Waals surface area contributed by atoms with Crippen molar-refractivity contribution in [2.45, 2.75) is 32.4 Å². The predicted molar refractivity (Wildman–Crippen MR) is 98.5 cm³/mol. The molecule has 0 bridgehead atoms. The lowest BCUT2D eigenvalue weighted by Gasteiger charge is -2.39. The van der Waals surface area contributed by atoms with Gasteiger partial charge in [0.25, 0.3) is 5.91 Å². The number of piperidine rings is 1. The molecule has 1 saturated heterocycles. The molecule has 3 rings (SSSR count). The summed E-state index contributed by atoms with van der Waals surface area (Å²) >= 11 is 5.92. The highest BCUT2D eigenvalue weighted by Crippen LogP contribution is 2.20. The molecule has 1 aliphatic rings. The fraction of sp³-hybridized carbons (Fsp3) is 0.421. The molecule has 2 aromatic heterocycles. The molecule has 1 fully saturated rings. The number of carbonyl (C=O) groups is 1. The molecule has 1 unspecified atom stereocenters. The highest BCUT2D eigenvalue weighted by Gasteiger charge is 2.28. The van der Waals surface area contributed by atoms with Crippen molar-refractivity contribution in [2.75, 3.05) is 19.6 Å². The van der Waals surface area contributed by atoms with Gasteiger partial charge in [-0.05, 0) is 49.2 Å². The summed E-state index contributed by atoms with van der Waals surface area (Å²) in [4.78, 5) is 25.2. The Hall–Kier alpha value is -1.98. The van der Waals surface area contributed by atoms with E-state index in [0.717, 1.165) is 39.0 Å². The Morgan fingerprint density at radius 3 is 2.84 bits per heavy atom. The molecular weight excluding hydrogens is 336 g/mol. The van der Waals surface area contributed by atoms with Crippen molar-refractivity contribution >= 4 is 17.5 Å². The van der Waals surface area contributed by atoms with Crippen molar-refractivity contribution < 1.29 is 4.79 Å². The van der Waals surface area contributed by atoms with Gasteiger partial charge in [-0.2, -0.15) is 0 Å². The van der Waals surface area contributed by atoms with Gasteiger partial charge >= 0.3 is 0 Å². The number of likely N-dealkylation sites (N-methyl/N-ethyl adjacent to an activating group) is 1. The van der Waals surface area contributed by atoms with Gasteiger partial charge in [-0.3, -0.25) is 14.7 Å². The second-order valence-electron chi connectivity index (χ2n) is 6.33. The number of hydrogen-bond acceptors (Lipinski definition) is 4. The minimum absolute atomic E-state index is 0.0361. The number of amides is 1. The molecule has 3 heterocycles. The highest BCUT2D eigenvalue weighted by molar-refractivity contribution is 6.29. The summed E-state index contributed by atoms with van der Waals surface area (Å²) < 4.78 is 0. The largest absolute Gasteiger partial charge is 0.337 e. The Balaban J connectivity index is 1.68. The summed E-state index contributed by atoms with van der Waals surface area (Å²) in [6.45, 7) is 5.55. The summed E-state index contributed by atoms with van der Waals surface area (Å²) in [7, 11) is 0. The van der Waals surface area contributed by atoms with E-state index >= 15 is 0 Å². The summed E-state index contributed by atoms with van der Waals surface area (Å²) in [6, 6.07) is 7.84. The quantitative estimate of drug-likeness (QED) is 0.770. The van der Waals surface area contributed by atoms with E-state index in [4.69, 9.17) is 11.6 Å². The van der Waals surface area contributed by atoms with Crippen LogP contribution in [0.1, 0.15) is 35.7 Å². The molecule has 6 heteroatoms. The SMILES string of the molecule is CCN(Cc1ccncc1)C1CCCN(C(=O)c2ccnc(Cl)c2)C1. The van der Waals surface area contributed by atoms with Crippen LogP contribution in [0, 0.1) is 0 Å². The van der Waals surface area contributed by atoms with Crippen LogP contribution >= 0.6 is 11.6 Å². The second-order valence-corrected chi connectivity index (χ2v) is 6.72. The van der Waals surface area contributed by atoms with E-state index in [2.05, 4.69) is 21.8 Å². The molecule has 0 radical (unpaired) electrons. The van der Waals surface area contributed by atoms with Gasteiger partial charge in [-0.25, -0.2) is 4.98 Å². The Bertz CT molecular complexity index is 710. The van der Waals surface area contributed by atoms with Crippen LogP contribution in [0.5, 0.6) is 0 Å². The van der Waals surface area contributed by atoms with Crippen LogP contribution in [0.4, 0.5) is 0 Å². The number of likely N-dealkylation sites (tertiary alicyclic amines) is 1. The van der Waals surface area contributed by atoms with Crippen LogP contribution in [0.15, 0.2) is 42.9 Å². The van der Waals surface area contributed by atoms with Gasteiger partial charge in [0.2, 0.25) is 0 Å². The molecule has 0 aliphatic carbocycles. The van der Waals surface area contributed by atoms with E-state index in [1.165, 1.54) is 5.56 Å². The van der Waals surface area contributed by atoms with E-state index in [0.29, 0.717) is 16.8 Å². The zero-order valence-electron chi connectivity index (χ0n) is 14.4. The molecule has 1 aliphatic heterocycles. The number of pyridine rings is 2. The highest BCUT2D eigenvalue weighted by atomic mass is 35.5. The molecule has 1 amide bonds. The van der Waals surface area contributed by atoms with Gasteiger partial charge in [0, 0.05) is 49.8 Å². The number of nitrogens with zero attached hydrogens (tertiary/aromatic N) is 4. The van der Waals surface area contributed by atoms with Crippen molar-refractivity contribution in [3.8, 4) is 0 Å². The number of hydrogen-bond donors (Lipinski definition) is 0. The van der Waals surface area contributed by atoms with E-state index in [9.17, 15) is 4.79 Å². The van der Waals surface area contributed by atoms with Gasteiger partial charge < -0.3 is 4.90 Å². The maximum atomic E-state index is 12.8. The fourth-order valence-corrected chi connectivity index (χ4v) is 3.55. The average Bonchev–Trinajstić information content (AvgIpc) is 2.66. The zero-order valence-corrected chi connectivity index (χ0v) is 15.2. The van der Waals surface area contributed by atoms with Crippen molar-refractivity contribution in [1.29, 1.82) is 0 Å². The first-order valence-corrected chi connectivity index (χ1v) is 9.09. The zero-order chi connectivity index (χ0) is 17.6. The van der Waals surface area contributed by atoms with E-state index < -0.39 is 0 Å². The molecular formula is C19H23ClN4O. The van der Waals surface area contributed by atoms with Crippen molar-refractivity contribution in [2.24, 2.45) is 0 Å². The minimum atomic E-state index is 0.0361. The normalized spacial score (nSPS) is 17.7. The van der Waals surface area contributed by atoms with Crippen LogP contribution in [0.2, 0.25) is 5.15 Å². The van der Waals surface area contributed by atoms with Crippen molar-refractivity contribution in [3.63, 3.8) is 0 Å². The molecule has 5 nitrogen and oxygen atoms in total. The summed E-state index contributed by atoms with van der Waals surface area (Å²) in [5.41, 5.74) is 1.86. The van der Waals surface area contributed by atoms with Crippen LogP contribution in [-0.4, -0.2) is 51.4 Å². The lowest BCUT2D eigenvalue weighted by molar-refractivity contribution is 0.0569. The van der Waals surface area contributed by atoms with Crippen LogP contribution in [-0.2, 0) is 6.54 Å². The molecule has 0 aromatic carbocycles. The lowest BCUT2D eigenvalue weighted by Crippen LogP contribution is -2.49. The van der Waals surface area contributed by atoms with Crippen LogP contribution in [0.3, 0.4) is 0 Å². The van der Waals surface area contributed by atoms with Gasteiger partial charge in [-0.1, -0.05) is 18.5 Å². The average molecular weight is 359 g/mol. The van der Waals surface area contributed by atoms with E-state index in [-0.39, 0.29) is 5.91 Å². The predicted octanol–water partition coefficient (Wildman–Crippen LogP) is 3.26.